The summed E-state index contributed by atoms with van der Waals surface area (Å²) in [6.45, 7) is 5.22. The minimum Gasteiger partial charge on any atom is -0.314 e. The quantitative estimate of drug-likeness (QED) is 0.878. The molecular weight excluding hydrogens is 224 g/mol. The molecule has 0 amide bonds. The summed E-state index contributed by atoms with van der Waals surface area (Å²) in [5.74, 6) is 1.04. The number of aromatic nitrogens is 3. The Labute approximate surface area is 107 Å². The fraction of sp³-hybridized carbons (Fsp3) is 0.429. The topological polar surface area (TPSA) is 42.7 Å². The lowest BCUT2D eigenvalue weighted by Gasteiger charge is -2.26. The van der Waals surface area contributed by atoms with Gasteiger partial charge in [0.2, 0.25) is 0 Å². The Kier molecular flexibility index (Phi) is 2.88. The van der Waals surface area contributed by atoms with Crippen molar-refractivity contribution in [2.24, 2.45) is 0 Å². The van der Waals surface area contributed by atoms with E-state index in [1.165, 1.54) is 11.1 Å². The molecule has 0 spiro atoms. The summed E-state index contributed by atoms with van der Waals surface area (Å²) in [6.07, 6.45) is 2.81. The van der Waals surface area contributed by atoms with Crippen molar-refractivity contribution in [1.29, 1.82) is 0 Å². The molecule has 1 aromatic carbocycles. The molecule has 3 rings (SSSR count). The second-order valence-electron chi connectivity index (χ2n) is 5.10. The van der Waals surface area contributed by atoms with Gasteiger partial charge in [-0.1, -0.05) is 24.3 Å². The Bertz CT molecular complexity index is 544. The van der Waals surface area contributed by atoms with Crippen molar-refractivity contribution < 1.29 is 0 Å². The third-order valence-electron chi connectivity index (χ3n) is 3.55. The highest BCUT2D eigenvalue weighted by atomic mass is 15.3. The summed E-state index contributed by atoms with van der Waals surface area (Å²) < 4.78 is 2.14. The summed E-state index contributed by atoms with van der Waals surface area (Å²) in [4.78, 5) is 0. The van der Waals surface area contributed by atoms with Gasteiger partial charge in [0.25, 0.3) is 0 Å². The molecule has 0 saturated heterocycles. The summed E-state index contributed by atoms with van der Waals surface area (Å²) in [6, 6.07) is 9.26. The van der Waals surface area contributed by atoms with E-state index in [4.69, 9.17) is 0 Å². The molecule has 1 aliphatic heterocycles. The molecule has 1 N–H and O–H groups in total. The van der Waals surface area contributed by atoms with E-state index >= 15 is 0 Å². The highest BCUT2D eigenvalue weighted by Crippen LogP contribution is 2.25. The molecule has 1 unspecified atom stereocenters. The summed E-state index contributed by atoms with van der Waals surface area (Å²) in [5, 5.41) is 11.9. The van der Waals surface area contributed by atoms with E-state index in [1.54, 1.807) is 0 Å². The monoisotopic (exact) mass is 242 g/mol. The van der Waals surface area contributed by atoms with Gasteiger partial charge in [0.05, 0.1) is 6.04 Å². The summed E-state index contributed by atoms with van der Waals surface area (Å²) in [7, 11) is 0. The SMILES string of the molecule is CC(C)n1cnnc1C1Cc2ccccc2CN1. The van der Waals surface area contributed by atoms with Crippen molar-refractivity contribution in [3.8, 4) is 0 Å². The zero-order valence-electron chi connectivity index (χ0n) is 10.8. The van der Waals surface area contributed by atoms with E-state index in [-0.39, 0.29) is 6.04 Å². The van der Waals surface area contributed by atoms with Crippen molar-refractivity contribution in [1.82, 2.24) is 20.1 Å². The van der Waals surface area contributed by atoms with Crippen LogP contribution in [-0.2, 0) is 13.0 Å². The molecule has 1 aromatic heterocycles. The van der Waals surface area contributed by atoms with Crippen LogP contribution in [-0.4, -0.2) is 14.8 Å². The normalized spacial score (nSPS) is 18.9. The fourth-order valence-electron chi connectivity index (χ4n) is 2.54. The van der Waals surface area contributed by atoms with Crippen LogP contribution in [0.25, 0.3) is 0 Å². The molecule has 1 aliphatic rings. The van der Waals surface area contributed by atoms with Gasteiger partial charge in [-0.25, -0.2) is 0 Å². The first kappa shape index (κ1) is 11.4. The molecule has 4 nitrogen and oxygen atoms in total. The van der Waals surface area contributed by atoms with Gasteiger partial charge in [-0.05, 0) is 31.4 Å². The van der Waals surface area contributed by atoms with Gasteiger partial charge in [-0.3, -0.25) is 0 Å². The molecular formula is C14H18N4. The van der Waals surface area contributed by atoms with Crippen LogP contribution in [0.3, 0.4) is 0 Å². The maximum absolute atomic E-state index is 4.28. The maximum atomic E-state index is 4.28. The predicted octanol–water partition coefficient (Wildman–Crippen LogP) is 2.25. The lowest BCUT2D eigenvalue weighted by Crippen LogP contribution is -2.31. The highest BCUT2D eigenvalue weighted by molar-refractivity contribution is 5.30. The first-order valence-electron chi connectivity index (χ1n) is 6.45. The number of hydrogen-bond donors (Lipinski definition) is 1. The Hall–Kier alpha value is -1.68. The number of benzene rings is 1. The lowest BCUT2D eigenvalue weighted by atomic mass is 9.95. The molecule has 0 aliphatic carbocycles. The lowest BCUT2D eigenvalue weighted by molar-refractivity contribution is 0.438. The van der Waals surface area contributed by atoms with Gasteiger partial charge >= 0.3 is 0 Å². The van der Waals surface area contributed by atoms with Crippen LogP contribution in [0.5, 0.6) is 0 Å². The Morgan fingerprint density at radius 2 is 2.06 bits per heavy atom. The second kappa shape index (κ2) is 4.53. The molecule has 0 saturated carbocycles. The number of hydrogen-bond acceptors (Lipinski definition) is 3. The zero-order valence-corrected chi connectivity index (χ0v) is 10.8. The van der Waals surface area contributed by atoms with E-state index in [0.717, 1.165) is 18.8 Å². The number of rotatable bonds is 2. The van der Waals surface area contributed by atoms with Crippen molar-refractivity contribution in [2.75, 3.05) is 0 Å². The van der Waals surface area contributed by atoms with Crippen LogP contribution >= 0.6 is 0 Å². The van der Waals surface area contributed by atoms with Crippen LogP contribution in [0.2, 0.25) is 0 Å². The molecule has 2 aromatic rings. The Balaban J connectivity index is 1.90. The van der Waals surface area contributed by atoms with Gasteiger partial charge in [-0.15, -0.1) is 10.2 Å². The summed E-state index contributed by atoms with van der Waals surface area (Å²) in [5.41, 5.74) is 2.81. The van der Waals surface area contributed by atoms with E-state index in [0.29, 0.717) is 6.04 Å². The third kappa shape index (κ3) is 1.93. The van der Waals surface area contributed by atoms with Crippen LogP contribution in [0.15, 0.2) is 30.6 Å². The van der Waals surface area contributed by atoms with Crippen LogP contribution in [0, 0.1) is 0 Å². The maximum Gasteiger partial charge on any atom is 0.150 e. The van der Waals surface area contributed by atoms with Gasteiger partial charge < -0.3 is 9.88 Å². The zero-order chi connectivity index (χ0) is 12.5. The van der Waals surface area contributed by atoms with E-state index in [1.807, 2.05) is 6.33 Å². The number of fused-ring (bicyclic) bond motifs is 1. The molecule has 2 heterocycles. The van der Waals surface area contributed by atoms with Crippen LogP contribution in [0.1, 0.15) is 42.9 Å². The molecule has 0 fully saturated rings. The minimum atomic E-state index is 0.268. The van der Waals surface area contributed by atoms with Crippen molar-refractivity contribution in [3.63, 3.8) is 0 Å². The summed E-state index contributed by atoms with van der Waals surface area (Å²) >= 11 is 0. The molecule has 0 bridgehead atoms. The Morgan fingerprint density at radius 3 is 2.83 bits per heavy atom. The van der Waals surface area contributed by atoms with Gasteiger partial charge in [-0.2, -0.15) is 0 Å². The van der Waals surface area contributed by atoms with E-state index in [9.17, 15) is 0 Å². The Morgan fingerprint density at radius 1 is 1.28 bits per heavy atom. The standard InChI is InChI=1S/C14H18N4/c1-10(2)18-9-16-17-14(18)13-7-11-5-3-4-6-12(11)8-15-13/h3-6,9-10,13,15H,7-8H2,1-2H3. The fourth-order valence-corrected chi connectivity index (χ4v) is 2.54. The molecule has 94 valence electrons. The smallest absolute Gasteiger partial charge is 0.150 e. The van der Waals surface area contributed by atoms with Crippen molar-refractivity contribution in [2.45, 2.75) is 38.9 Å². The average Bonchev–Trinajstić information content (AvgIpc) is 2.87. The van der Waals surface area contributed by atoms with Crippen LogP contribution < -0.4 is 5.32 Å². The molecule has 4 heteroatoms. The molecule has 1 atom stereocenters. The van der Waals surface area contributed by atoms with Gasteiger partial charge in [0, 0.05) is 12.6 Å². The van der Waals surface area contributed by atoms with E-state index < -0.39 is 0 Å². The van der Waals surface area contributed by atoms with E-state index in [2.05, 4.69) is 58.2 Å². The molecule has 18 heavy (non-hydrogen) atoms. The van der Waals surface area contributed by atoms with Gasteiger partial charge in [0.15, 0.2) is 5.82 Å². The highest BCUT2D eigenvalue weighted by Gasteiger charge is 2.23. The van der Waals surface area contributed by atoms with Crippen LogP contribution in [0.4, 0.5) is 0 Å². The number of nitrogens with one attached hydrogen (secondary N) is 1. The first-order valence-corrected chi connectivity index (χ1v) is 6.45. The van der Waals surface area contributed by atoms with Gasteiger partial charge in [0.1, 0.15) is 6.33 Å². The largest absolute Gasteiger partial charge is 0.314 e. The minimum absolute atomic E-state index is 0.268. The number of nitrogens with zero attached hydrogens (tertiary/aromatic N) is 3. The van der Waals surface area contributed by atoms with Crippen molar-refractivity contribution in [3.05, 3.63) is 47.5 Å². The van der Waals surface area contributed by atoms with Crippen molar-refractivity contribution >= 4 is 0 Å². The predicted molar refractivity (Wildman–Crippen MR) is 70.1 cm³/mol. The third-order valence-corrected chi connectivity index (χ3v) is 3.55. The molecule has 0 radical (unpaired) electrons. The average molecular weight is 242 g/mol. The second-order valence-corrected chi connectivity index (χ2v) is 5.10. The first-order chi connectivity index (χ1) is 8.75.